The van der Waals surface area contributed by atoms with Crippen molar-refractivity contribution < 1.29 is 19.2 Å². The second kappa shape index (κ2) is 4.86. The number of carboxylic acid groups (broad SMARTS) is 1. The Kier molecular flexibility index (Phi) is 3.65. The minimum Gasteiger partial charge on any atom is -0.477 e. The minimum atomic E-state index is -1.01. The van der Waals surface area contributed by atoms with Gasteiger partial charge in [0.15, 0.2) is 5.69 Å². The Hall–Kier alpha value is -1.40. The number of hydrogen-bond donors (Lipinski definition) is 1. The fraction of sp³-hybridized carbons (Fsp3) is 0.571. The number of hydrogen-bond acceptors (Lipinski definition) is 4. The third-order valence-corrected chi connectivity index (χ3v) is 4.10. The van der Waals surface area contributed by atoms with Crippen molar-refractivity contribution in [1.29, 1.82) is 0 Å². The van der Waals surface area contributed by atoms with Crippen molar-refractivity contribution in [1.82, 2.24) is 4.98 Å². The summed E-state index contributed by atoms with van der Waals surface area (Å²) in [4.78, 5) is 15.1. The highest BCUT2D eigenvalue weighted by molar-refractivity contribution is 6.62. The van der Waals surface area contributed by atoms with Crippen LogP contribution >= 0.6 is 0 Å². The molecule has 0 unspecified atom stereocenters. The summed E-state index contributed by atoms with van der Waals surface area (Å²) in [6.45, 7) is 9.82. The number of rotatable bonds is 3. The highest BCUT2D eigenvalue weighted by atomic mass is 16.7. The van der Waals surface area contributed by atoms with Crippen molar-refractivity contribution >= 4 is 18.6 Å². The number of carbonyl (C=O) groups is 1. The molecule has 0 radical (unpaired) electrons. The van der Waals surface area contributed by atoms with Crippen LogP contribution < -0.4 is 5.46 Å². The molecule has 0 bridgehead atoms. The molecule has 20 heavy (non-hydrogen) atoms. The van der Waals surface area contributed by atoms with E-state index in [0.29, 0.717) is 12.0 Å². The summed E-state index contributed by atoms with van der Waals surface area (Å²) in [6, 6.07) is 1.80. The van der Waals surface area contributed by atoms with Gasteiger partial charge in [0, 0.05) is 11.7 Å². The average Bonchev–Trinajstić information content (AvgIpc) is 2.57. The quantitative estimate of drug-likeness (QED) is 0.851. The van der Waals surface area contributed by atoms with E-state index in [9.17, 15) is 4.79 Å². The maximum Gasteiger partial charge on any atom is 0.496 e. The smallest absolute Gasteiger partial charge is 0.477 e. The Morgan fingerprint density at radius 3 is 2.30 bits per heavy atom. The Balaban J connectivity index is 2.34. The first-order chi connectivity index (χ1) is 9.18. The molecular weight excluding hydrogens is 257 g/mol. The van der Waals surface area contributed by atoms with Crippen LogP contribution in [-0.2, 0) is 15.7 Å². The lowest BCUT2D eigenvalue weighted by atomic mass is 9.79. The molecule has 0 saturated carbocycles. The van der Waals surface area contributed by atoms with E-state index in [4.69, 9.17) is 14.4 Å². The molecule has 0 aromatic carbocycles. The van der Waals surface area contributed by atoms with Gasteiger partial charge in [-0.15, -0.1) is 0 Å². The SMILES string of the molecule is CCc1cc(B2OC(C)(C)C(C)(C)O2)cnc1C(=O)O. The highest BCUT2D eigenvalue weighted by Crippen LogP contribution is 2.36. The summed E-state index contributed by atoms with van der Waals surface area (Å²) in [5.74, 6) is -1.01. The molecule has 1 aliphatic heterocycles. The van der Waals surface area contributed by atoms with E-state index < -0.39 is 24.3 Å². The van der Waals surface area contributed by atoms with Crippen LogP contribution in [0.3, 0.4) is 0 Å². The fourth-order valence-electron chi connectivity index (χ4n) is 2.10. The molecule has 1 aromatic heterocycles. The van der Waals surface area contributed by atoms with Gasteiger partial charge < -0.3 is 14.4 Å². The third-order valence-electron chi connectivity index (χ3n) is 4.10. The number of pyridine rings is 1. The third kappa shape index (κ3) is 2.45. The van der Waals surface area contributed by atoms with Crippen LogP contribution in [0.4, 0.5) is 0 Å². The van der Waals surface area contributed by atoms with Crippen molar-refractivity contribution in [2.24, 2.45) is 0 Å². The highest BCUT2D eigenvalue weighted by Gasteiger charge is 2.51. The molecule has 1 aromatic rings. The molecule has 2 heterocycles. The molecule has 1 aliphatic rings. The summed E-state index contributed by atoms with van der Waals surface area (Å²) >= 11 is 0. The van der Waals surface area contributed by atoms with Gasteiger partial charge in [0.2, 0.25) is 0 Å². The fourth-order valence-corrected chi connectivity index (χ4v) is 2.10. The van der Waals surface area contributed by atoms with Crippen LogP contribution in [0.2, 0.25) is 0 Å². The molecular formula is C14H20BNO4. The first-order valence-corrected chi connectivity index (χ1v) is 6.75. The first-order valence-electron chi connectivity index (χ1n) is 6.75. The van der Waals surface area contributed by atoms with E-state index in [0.717, 1.165) is 5.46 Å². The van der Waals surface area contributed by atoms with Crippen molar-refractivity contribution in [3.8, 4) is 0 Å². The van der Waals surface area contributed by atoms with E-state index in [1.54, 1.807) is 6.07 Å². The van der Waals surface area contributed by atoms with Crippen LogP contribution in [0.5, 0.6) is 0 Å². The van der Waals surface area contributed by atoms with Crippen LogP contribution in [0.1, 0.15) is 50.7 Å². The summed E-state index contributed by atoms with van der Waals surface area (Å²) in [5, 5.41) is 9.09. The van der Waals surface area contributed by atoms with Crippen molar-refractivity contribution in [2.75, 3.05) is 0 Å². The van der Waals surface area contributed by atoms with Crippen LogP contribution in [0.25, 0.3) is 0 Å². The zero-order valence-electron chi connectivity index (χ0n) is 12.6. The number of carboxylic acids is 1. The van der Waals surface area contributed by atoms with Crippen LogP contribution in [-0.4, -0.2) is 34.4 Å². The first kappa shape index (κ1) is 15.0. The van der Waals surface area contributed by atoms with Crippen LogP contribution in [0.15, 0.2) is 12.3 Å². The molecule has 5 nitrogen and oxygen atoms in total. The molecule has 0 aliphatic carbocycles. The van der Waals surface area contributed by atoms with E-state index in [1.807, 2.05) is 34.6 Å². The van der Waals surface area contributed by atoms with Crippen molar-refractivity contribution in [3.05, 3.63) is 23.5 Å². The minimum absolute atomic E-state index is 0.0905. The Bertz CT molecular complexity index is 526. The van der Waals surface area contributed by atoms with Gasteiger partial charge in [0.1, 0.15) is 0 Å². The predicted molar refractivity (Wildman–Crippen MR) is 76.3 cm³/mol. The number of aryl methyl sites for hydroxylation is 1. The van der Waals surface area contributed by atoms with Gasteiger partial charge >= 0.3 is 13.1 Å². The number of aromatic carboxylic acids is 1. The van der Waals surface area contributed by atoms with Crippen LogP contribution in [0, 0.1) is 0 Å². The average molecular weight is 277 g/mol. The van der Waals surface area contributed by atoms with Crippen molar-refractivity contribution in [2.45, 2.75) is 52.2 Å². The molecule has 6 heteroatoms. The molecule has 1 N–H and O–H groups in total. The summed E-state index contributed by atoms with van der Waals surface area (Å²) < 4.78 is 11.9. The van der Waals surface area contributed by atoms with Gasteiger partial charge in [-0.3, -0.25) is 0 Å². The lowest BCUT2D eigenvalue weighted by Crippen LogP contribution is -2.41. The van der Waals surface area contributed by atoms with Crippen molar-refractivity contribution in [3.63, 3.8) is 0 Å². The molecule has 0 spiro atoms. The van der Waals surface area contributed by atoms with Gasteiger partial charge in [-0.1, -0.05) is 13.0 Å². The largest absolute Gasteiger partial charge is 0.496 e. The molecule has 0 atom stereocenters. The molecule has 108 valence electrons. The lowest BCUT2D eigenvalue weighted by molar-refractivity contribution is 0.00578. The van der Waals surface area contributed by atoms with Gasteiger partial charge in [-0.25, -0.2) is 9.78 Å². The Morgan fingerprint density at radius 1 is 1.30 bits per heavy atom. The van der Waals surface area contributed by atoms with Gasteiger partial charge in [-0.2, -0.15) is 0 Å². The van der Waals surface area contributed by atoms with E-state index in [-0.39, 0.29) is 5.69 Å². The second-order valence-corrected chi connectivity index (χ2v) is 6.02. The topological polar surface area (TPSA) is 68.7 Å². The number of nitrogens with zero attached hydrogens (tertiary/aromatic N) is 1. The van der Waals surface area contributed by atoms with E-state index >= 15 is 0 Å². The second-order valence-electron chi connectivity index (χ2n) is 6.02. The molecule has 2 rings (SSSR count). The van der Waals surface area contributed by atoms with E-state index in [2.05, 4.69) is 4.98 Å². The monoisotopic (exact) mass is 277 g/mol. The van der Waals surface area contributed by atoms with Gasteiger partial charge in [0.25, 0.3) is 0 Å². The Morgan fingerprint density at radius 2 is 1.85 bits per heavy atom. The Labute approximate surface area is 119 Å². The maximum absolute atomic E-state index is 11.1. The zero-order chi connectivity index (χ0) is 15.1. The van der Waals surface area contributed by atoms with E-state index in [1.165, 1.54) is 6.20 Å². The van der Waals surface area contributed by atoms with Gasteiger partial charge in [0.05, 0.1) is 11.2 Å². The predicted octanol–water partition coefficient (Wildman–Crippen LogP) is 1.64. The molecule has 1 fully saturated rings. The standard InChI is InChI=1S/C14H20BNO4/c1-6-9-7-10(8-16-11(9)12(17)18)15-19-13(2,3)14(4,5)20-15/h7-8H,6H2,1-5H3,(H,17,18). The van der Waals surface area contributed by atoms with Gasteiger partial charge in [-0.05, 0) is 39.7 Å². The number of aromatic nitrogens is 1. The lowest BCUT2D eigenvalue weighted by Gasteiger charge is -2.32. The molecule has 1 saturated heterocycles. The normalized spacial score (nSPS) is 20.1. The zero-order valence-corrected chi connectivity index (χ0v) is 12.6. The maximum atomic E-state index is 11.1. The summed E-state index contributed by atoms with van der Waals surface area (Å²) in [6.07, 6.45) is 2.12. The summed E-state index contributed by atoms with van der Waals surface area (Å²) in [5.41, 5.74) is 0.688. The molecule has 0 amide bonds. The summed E-state index contributed by atoms with van der Waals surface area (Å²) in [7, 11) is -0.513.